The predicted octanol–water partition coefficient (Wildman–Crippen LogP) is 4.21. The van der Waals surface area contributed by atoms with Crippen molar-refractivity contribution in [3.05, 3.63) is 28.2 Å². The van der Waals surface area contributed by atoms with Gasteiger partial charge in [-0.05, 0) is 56.0 Å². The monoisotopic (exact) mass is 324 g/mol. The van der Waals surface area contributed by atoms with Gasteiger partial charge < -0.3 is 10.2 Å². The Balaban J connectivity index is 2.28. The molecule has 0 bridgehead atoms. The quantitative estimate of drug-likeness (QED) is 0.895. The summed E-state index contributed by atoms with van der Waals surface area (Å²) in [7, 11) is 2.02. The van der Waals surface area contributed by atoms with Gasteiger partial charge in [0, 0.05) is 29.3 Å². The molecule has 1 aromatic rings. The third-order valence-electron chi connectivity index (χ3n) is 4.56. The fraction of sp³-hybridized carbons (Fsp3) is 0.625. The lowest BCUT2D eigenvalue weighted by Gasteiger charge is -2.38. The van der Waals surface area contributed by atoms with Crippen molar-refractivity contribution in [1.29, 1.82) is 0 Å². The van der Waals surface area contributed by atoms with Crippen LogP contribution in [0.5, 0.6) is 0 Å². The summed E-state index contributed by atoms with van der Waals surface area (Å²) in [4.78, 5) is 2.56. The molecule has 1 heterocycles. The molecule has 1 aromatic carbocycles. The van der Waals surface area contributed by atoms with E-state index in [1.807, 2.05) is 7.05 Å². The summed E-state index contributed by atoms with van der Waals surface area (Å²) in [6.45, 7) is 9.32. The summed E-state index contributed by atoms with van der Waals surface area (Å²) in [5, 5.41) is 3.36. The van der Waals surface area contributed by atoms with Crippen LogP contribution in [-0.2, 0) is 0 Å². The van der Waals surface area contributed by atoms with Gasteiger partial charge in [-0.15, -0.1) is 0 Å². The number of nitrogens with one attached hydrogen (secondary N) is 1. The Morgan fingerprint density at radius 2 is 2.05 bits per heavy atom. The second-order valence-corrected chi connectivity index (χ2v) is 6.82. The van der Waals surface area contributed by atoms with Crippen molar-refractivity contribution in [2.75, 3.05) is 25.0 Å². The predicted molar refractivity (Wildman–Crippen MR) is 86.8 cm³/mol. The van der Waals surface area contributed by atoms with E-state index in [0.29, 0.717) is 6.04 Å². The fourth-order valence-corrected chi connectivity index (χ4v) is 3.18. The van der Waals surface area contributed by atoms with Crippen LogP contribution in [0.3, 0.4) is 0 Å². The van der Waals surface area contributed by atoms with Crippen LogP contribution in [0.25, 0.3) is 0 Å². The number of rotatable bonds is 3. The Bertz CT molecular complexity index is 433. The SMILES string of the molecule is CNC(C)c1cc(Br)ccc1N1CCC(C)C(C)C1. The van der Waals surface area contributed by atoms with Crippen LogP contribution in [-0.4, -0.2) is 20.1 Å². The first-order valence-corrected chi connectivity index (χ1v) is 8.04. The van der Waals surface area contributed by atoms with E-state index in [4.69, 9.17) is 0 Å². The molecule has 3 unspecified atom stereocenters. The van der Waals surface area contributed by atoms with Crippen LogP contribution in [0.4, 0.5) is 5.69 Å². The Hall–Kier alpha value is -0.540. The molecule has 2 nitrogen and oxygen atoms in total. The maximum Gasteiger partial charge on any atom is 0.0415 e. The first kappa shape index (κ1) is 14.9. The van der Waals surface area contributed by atoms with Crippen LogP contribution in [0.1, 0.15) is 38.8 Å². The highest BCUT2D eigenvalue weighted by atomic mass is 79.9. The van der Waals surface area contributed by atoms with E-state index in [1.165, 1.54) is 30.8 Å². The lowest BCUT2D eigenvalue weighted by molar-refractivity contribution is 0.323. The van der Waals surface area contributed by atoms with Crippen LogP contribution in [0.2, 0.25) is 0 Å². The summed E-state index contributed by atoms with van der Waals surface area (Å²) in [5.74, 6) is 1.62. The molecule has 1 N–H and O–H groups in total. The van der Waals surface area contributed by atoms with Gasteiger partial charge >= 0.3 is 0 Å². The fourth-order valence-electron chi connectivity index (χ4n) is 2.80. The summed E-state index contributed by atoms with van der Waals surface area (Å²) in [5.41, 5.74) is 2.78. The molecule has 19 heavy (non-hydrogen) atoms. The molecular formula is C16H25BrN2. The highest BCUT2D eigenvalue weighted by Crippen LogP contribution is 2.33. The average Bonchev–Trinajstić information content (AvgIpc) is 2.41. The summed E-state index contributed by atoms with van der Waals surface area (Å²) >= 11 is 3.59. The molecule has 3 heteroatoms. The zero-order chi connectivity index (χ0) is 14.0. The normalized spacial score (nSPS) is 25.4. The van der Waals surface area contributed by atoms with Crippen molar-refractivity contribution < 1.29 is 0 Å². The third kappa shape index (κ3) is 3.32. The summed E-state index contributed by atoms with van der Waals surface area (Å²) in [6, 6.07) is 7.04. The van der Waals surface area contributed by atoms with Crippen molar-refractivity contribution in [2.24, 2.45) is 11.8 Å². The van der Waals surface area contributed by atoms with Crippen molar-refractivity contribution >= 4 is 21.6 Å². The summed E-state index contributed by atoms with van der Waals surface area (Å²) in [6.07, 6.45) is 1.30. The molecule has 0 radical (unpaired) electrons. The number of hydrogen-bond donors (Lipinski definition) is 1. The lowest BCUT2D eigenvalue weighted by Crippen LogP contribution is -2.39. The van der Waals surface area contributed by atoms with E-state index in [-0.39, 0.29) is 0 Å². The van der Waals surface area contributed by atoms with Gasteiger partial charge in [-0.25, -0.2) is 0 Å². The molecule has 1 aliphatic heterocycles. The van der Waals surface area contributed by atoms with E-state index in [1.54, 1.807) is 0 Å². The molecule has 1 aliphatic rings. The van der Waals surface area contributed by atoms with Gasteiger partial charge in [-0.1, -0.05) is 29.8 Å². The Morgan fingerprint density at radius 1 is 1.32 bits per heavy atom. The number of anilines is 1. The van der Waals surface area contributed by atoms with Gasteiger partial charge in [-0.2, -0.15) is 0 Å². The van der Waals surface area contributed by atoms with E-state index < -0.39 is 0 Å². The molecule has 1 fully saturated rings. The van der Waals surface area contributed by atoms with E-state index >= 15 is 0 Å². The zero-order valence-electron chi connectivity index (χ0n) is 12.4. The Labute approximate surface area is 125 Å². The second-order valence-electron chi connectivity index (χ2n) is 5.90. The Morgan fingerprint density at radius 3 is 2.68 bits per heavy atom. The van der Waals surface area contributed by atoms with Gasteiger partial charge in [-0.3, -0.25) is 0 Å². The van der Waals surface area contributed by atoms with Crippen molar-refractivity contribution in [2.45, 2.75) is 33.2 Å². The number of hydrogen-bond acceptors (Lipinski definition) is 2. The lowest BCUT2D eigenvalue weighted by atomic mass is 9.88. The second kappa shape index (κ2) is 6.27. The van der Waals surface area contributed by atoms with Crippen molar-refractivity contribution in [1.82, 2.24) is 5.32 Å². The number of benzene rings is 1. The van der Waals surface area contributed by atoms with Crippen LogP contribution in [0.15, 0.2) is 22.7 Å². The van der Waals surface area contributed by atoms with Crippen molar-refractivity contribution in [3.63, 3.8) is 0 Å². The minimum atomic E-state index is 0.377. The van der Waals surface area contributed by atoms with Gasteiger partial charge in [0.2, 0.25) is 0 Å². The highest BCUT2D eigenvalue weighted by molar-refractivity contribution is 9.10. The molecule has 0 aromatic heterocycles. The smallest absolute Gasteiger partial charge is 0.0415 e. The molecule has 2 rings (SSSR count). The molecule has 0 saturated carbocycles. The van der Waals surface area contributed by atoms with E-state index in [0.717, 1.165) is 16.3 Å². The topological polar surface area (TPSA) is 15.3 Å². The number of piperidine rings is 1. The number of nitrogens with zero attached hydrogens (tertiary/aromatic N) is 1. The summed E-state index contributed by atoms with van der Waals surface area (Å²) < 4.78 is 1.16. The zero-order valence-corrected chi connectivity index (χ0v) is 14.0. The van der Waals surface area contributed by atoms with Gasteiger partial charge in [0.1, 0.15) is 0 Å². The largest absolute Gasteiger partial charge is 0.371 e. The molecule has 0 amide bonds. The molecular weight excluding hydrogens is 300 g/mol. The highest BCUT2D eigenvalue weighted by Gasteiger charge is 2.25. The first-order valence-electron chi connectivity index (χ1n) is 7.24. The van der Waals surface area contributed by atoms with Crippen molar-refractivity contribution in [3.8, 4) is 0 Å². The first-order chi connectivity index (χ1) is 9.02. The average molecular weight is 325 g/mol. The molecule has 106 valence electrons. The third-order valence-corrected chi connectivity index (χ3v) is 5.06. The molecule has 3 atom stereocenters. The molecule has 0 aliphatic carbocycles. The van der Waals surface area contributed by atoms with Crippen LogP contribution >= 0.6 is 15.9 Å². The standard InChI is InChI=1S/C16H25BrN2/c1-11-7-8-19(10-12(11)2)16-6-5-14(17)9-15(16)13(3)18-4/h5-6,9,11-13,18H,7-8,10H2,1-4H3. The maximum atomic E-state index is 3.59. The minimum Gasteiger partial charge on any atom is -0.371 e. The van der Waals surface area contributed by atoms with Crippen LogP contribution in [0, 0.1) is 11.8 Å². The minimum absolute atomic E-state index is 0.377. The maximum absolute atomic E-state index is 3.59. The number of halogens is 1. The molecule has 1 saturated heterocycles. The van der Waals surface area contributed by atoms with E-state index in [2.05, 4.69) is 65.1 Å². The van der Waals surface area contributed by atoms with Gasteiger partial charge in [0.05, 0.1) is 0 Å². The van der Waals surface area contributed by atoms with E-state index in [9.17, 15) is 0 Å². The van der Waals surface area contributed by atoms with Crippen LogP contribution < -0.4 is 10.2 Å². The van der Waals surface area contributed by atoms with Gasteiger partial charge in [0.15, 0.2) is 0 Å². The molecule has 0 spiro atoms. The van der Waals surface area contributed by atoms with Gasteiger partial charge in [0.25, 0.3) is 0 Å². The Kier molecular flexibility index (Phi) is 4.91.